The van der Waals surface area contributed by atoms with Gasteiger partial charge in [0, 0.05) is 11.4 Å². The molecule has 1 aromatic heterocycles. The van der Waals surface area contributed by atoms with Crippen LogP contribution in [0.3, 0.4) is 0 Å². The van der Waals surface area contributed by atoms with Crippen LogP contribution in [0.4, 0.5) is 10.1 Å². The average molecular weight is 283 g/mol. The minimum atomic E-state index is -0.458. The monoisotopic (exact) mass is 282 g/mol. The molecule has 0 unspecified atom stereocenters. The molecule has 0 aliphatic heterocycles. The number of aromatic nitrogens is 1. The third-order valence-electron chi connectivity index (χ3n) is 2.55. The van der Waals surface area contributed by atoms with E-state index >= 15 is 0 Å². The number of carbonyl (C=O) groups excluding carboxylic acids is 1. The van der Waals surface area contributed by atoms with E-state index in [0.29, 0.717) is 17.9 Å². The lowest BCUT2D eigenvalue weighted by atomic mass is 10.3. The van der Waals surface area contributed by atoms with Crippen molar-refractivity contribution in [3.63, 3.8) is 0 Å². The van der Waals surface area contributed by atoms with Crippen molar-refractivity contribution in [2.75, 3.05) is 12.4 Å². The number of anilines is 1. The number of esters is 1. The topological polar surface area (TPSA) is 54.1 Å². The van der Waals surface area contributed by atoms with Crippen molar-refractivity contribution in [3.05, 3.63) is 52.6 Å². The highest BCUT2D eigenvalue weighted by molar-refractivity contribution is 6.31. The van der Waals surface area contributed by atoms with Gasteiger partial charge in [-0.15, -0.1) is 0 Å². The standard InChI is InChI=1S/C13H12ClFN2O2/c1-19-13(18)12-5-3-9(17-12)7-16-8-2-4-11(15)10(14)6-8/h2-6,16-17H,7H2,1H3. The Morgan fingerprint density at radius 1 is 1.42 bits per heavy atom. The van der Waals surface area contributed by atoms with Gasteiger partial charge in [0.15, 0.2) is 0 Å². The predicted octanol–water partition coefficient (Wildman–Crippen LogP) is 3.21. The quantitative estimate of drug-likeness (QED) is 0.847. The molecule has 0 spiro atoms. The van der Waals surface area contributed by atoms with Gasteiger partial charge >= 0.3 is 5.97 Å². The summed E-state index contributed by atoms with van der Waals surface area (Å²) in [5, 5.41) is 3.13. The lowest BCUT2D eigenvalue weighted by Crippen LogP contribution is -2.03. The molecule has 0 aliphatic rings. The van der Waals surface area contributed by atoms with Crippen LogP contribution in [-0.4, -0.2) is 18.1 Å². The van der Waals surface area contributed by atoms with E-state index in [0.717, 1.165) is 5.69 Å². The van der Waals surface area contributed by atoms with Crippen LogP contribution in [0.1, 0.15) is 16.2 Å². The summed E-state index contributed by atoms with van der Waals surface area (Å²) in [6, 6.07) is 7.79. The molecule has 2 rings (SSSR count). The van der Waals surface area contributed by atoms with E-state index in [9.17, 15) is 9.18 Å². The summed E-state index contributed by atoms with van der Waals surface area (Å²) >= 11 is 5.68. The summed E-state index contributed by atoms with van der Waals surface area (Å²) in [5.41, 5.74) is 1.89. The zero-order valence-corrected chi connectivity index (χ0v) is 10.9. The predicted molar refractivity (Wildman–Crippen MR) is 70.9 cm³/mol. The van der Waals surface area contributed by atoms with Crippen LogP contribution >= 0.6 is 11.6 Å². The zero-order valence-electron chi connectivity index (χ0n) is 10.2. The molecule has 0 radical (unpaired) electrons. The number of aromatic amines is 1. The average Bonchev–Trinajstić information content (AvgIpc) is 2.88. The van der Waals surface area contributed by atoms with E-state index in [-0.39, 0.29) is 5.02 Å². The van der Waals surface area contributed by atoms with Gasteiger partial charge in [0.05, 0.1) is 18.7 Å². The third-order valence-corrected chi connectivity index (χ3v) is 2.84. The van der Waals surface area contributed by atoms with Gasteiger partial charge in [-0.1, -0.05) is 11.6 Å². The minimum absolute atomic E-state index is 0.0618. The van der Waals surface area contributed by atoms with Crippen LogP contribution in [-0.2, 0) is 11.3 Å². The number of hydrogen-bond donors (Lipinski definition) is 2. The first-order valence-electron chi connectivity index (χ1n) is 5.55. The maximum absolute atomic E-state index is 13.0. The fraction of sp³-hybridized carbons (Fsp3) is 0.154. The van der Waals surface area contributed by atoms with Gasteiger partial charge in [-0.25, -0.2) is 9.18 Å². The summed E-state index contributed by atoms with van der Waals surface area (Å²) in [4.78, 5) is 14.2. The Morgan fingerprint density at radius 2 is 2.21 bits per heavy atom. The number of carbonyl (C=O) groups is 1. The van der Waals surface area contributed by atoms with Crippen molar-refractivity contribution in [1.29, 1.82) is 0 Å². The summed E-state index contributed by atoms with van der Waals surface area (Å²) in [6.45, 7) is 0.457. The molecule has 0 atom stereocenters. The highest BCUT2D eigenvalue weighted by Gasteiger charge is 2.07. The number of halogens is 2. The van der Waals surface area contributed by atoms with Crippen LogP contribution < -0.4 is 5.32 Å². The molecule has 1 aromatic carbocycles. The summed E-state index contributed by atoms with van der Waals surface area (Å²) in [6.07, 6.45) is 0. The van der Waals surface area contributed by atoms with E-state index in [4.69, 9.17) is 11.6 Å². The summed E-state index contributed by atoms with van der Waals surface area (Å²) in [7, 11) is 1.32. The second-order valence-corrected chi connectivity index (χ2v) is 4.28. The van der Waals surface area contributed by atoms with Crippen LogP contribution in [0.5, 0.6) is 0 Å². The number of benzene rings is 1. The van der Waals surface area contributed by atoms with Crippen molar-refractivity contribution >= 4 is 23.3 Å². The lowest BCUT2D eigenvalue weighted by molar-refractivity contribution is 0.0594. The number of rotatable bonds is 4. The van der Waals surface area contributed by atoms with Crippen LogP contribution in [0.2, 0.25) is 5.02 Å². The van der Waals surface area contributed by atoms with Crippen LogP contribution in [0, 0.1) is 5.82 Å². The van der Waals surface area contributed by atoms with Gasteiger partial charge in [0.25, 0.3) is 0 Å². The van der Waals surface area contributed by atoms with Gasteiger partial charge in [-0.3, -0.25) is 0 Å². The van der Waals surface area contributed by atoms with Crippen LogP contribution in [0.15, 0.2) is 30.3 Å². The fourth-order valence-electron chi connectivity index (χ4n) is 1.58. The van der Waals surface area contributed by atoms with Gasteiger partial charge in [0.1, 0.15) is 11.5 Å². The Kier molecular flexibility index (Phi) is 4.06. The summed E-state index contributed by atoms with van der Waals surface area (Å²) in [5.74, 6) is -0.879. The van der Waals surface area contributed by atoms with Gasteiger partial charge in [-0.05, 0) is 30.3 Å². The van der Waals surface area contributed by atoms with E-state index < -0.39 is 11.8 Å². The molecule has 0 aliphatic carbocycles. The highest BCUT2D eigenvalue weighted by Crippen LogP contribution is 2.19. The minimum Gasteiger partial charge on any atom is -0.464 e. The van der Waals surface area contributed by atoms with E-state index in [2.05, 4.69) is 15.0 Å². The molecule has 0 fully saturated rings. The molecule has 0 bridgehead atoms. The summed E-state index contributed by atoms with van der Waals surface area (Å²) < 4.78 is 17.6. The van der Waals surface area contributed by atoms with Crippen molar-refractivity contribution in [2.45, 2.75) is 6.54 Å². The molecule has 0 amide bonds. The molecule has 2 N–H and O–H groups in total. The van der Waals surface area contributed by atoms with E-state index in [1.807, 2.05) is 0 Å². The number of ether oxygens (including phenoxy) is 1. The second-order valence-electron chi connectivity index (χ2n) is 3.87. The maximum atomic E-state index is 13.0. The van der Waals surface area contributed by atoms with E-state index in [1.54, 1.807) is 18.2 Å². The normalized spacial score (nSPS) is 10.3. The molecular weight excluding hydrogens is 271 g/mol. The number of methoxy groups -OCH3 is 1. The highest BCUT2D eigenvalue weighted by atomic mass is 35.5. The Balaban J connectivity index is 2.00. The molecular formula is C13H12ClFN2O2. The Labute approximate surface area is 114 Å². The second kappa shape index (κ2) is 5.75. The van der Waals surface area contributed by atoms with E-state index in [1.165, 1.54) is 19.2 Å². The lowest BCUT2D eigenvalue weighted by Gasteiger charge is -2.05. The molecule has 19 heavy (non-hydrogen) atoms. The molecule has 100 valence electrons. The Morgan fingerprint density at radius 3 is 2.89 bits per heavy atom. The molecule has 4 nitrogen and oxygen atoms in total. The molecule has 6 heteroatoms. The first kappa shape index (κ1) is 13.4. The Bertz CT molecular complexity index is 598. The van der Waals surface area contributed by atoms with Crippen LogP contribution in [0.25, 0.3) is 0 Å². The smallest absolute Gasteiger partial charge is 0.354 e. The zero-order chi connectivity index (χ0) is 13.8. The van der Waals surface area contributed by atoms with Crippen molar-refractivity contribution in [1.82, 2.24) is 4.98 Å². The Hall–Kier alpha value is -2.01. The number of hydrogen-bond acceptors (Lipinski definition) is 3. The SMILES string of the molecule is COC(=O)c1ccc(CNc2ccc(F)c(Cl)c2)[nH]1. The largest absolute Gasteiger partial charge is 0.464 e. The van der Waals surface area contributed by atoms with Crippen molar-refractivity contribution in [2.24, 2.45) is 0 Å². The number of nitrogens with one attached hydrogen (secondary N) is 2. The van der Waals surface area contributed by atoms with Gasteiger partial charge < -0.3 is 15.0 Å². The molecule has 2 aromatic rings. The molecule has 0 saturated carbocycles. The molecule has 0 saturated heterocycles. The third kappa shape index (κ3) is 3.26. The van der Waals surface area contributed by atoms with Gasteiger partial charge in [-0.2, -0.15) is 0 Å². The first-order valence-corrected chi connectivity index (χ1v) is 5.93. The van der Waals surface area contributed by atoms with Crippen molar-refractivity contribution in [3.8, 4) is 0 Å². The fourth-order valence-corrected chi connectivity index (χ4v) is 1.76. The maximum Gasteiger partial charge on any atom is 0.354 e. The molecule has 1 heterocycles. The van der Waals surface area contributed by atoms with Gasteiger partial charge in [0.2, 0.25) is 0 Å². The van der Waals surface area contributed by atoms with Crippen molar-refractivity contribution < 1.29 is 13.9 Å². The first-order chi connectivity index (χ1) is 9.10. The number of H-pyrrole nitrogens is 1.